The van der Waals surface area contributed by atoms with E-state index in [2.05, 4.69) is 20.6 Å². The first kappa shape index (κ1) is 14.5. The highest BCUT2D eigenvalue weighted by Crippen LogP contribution is 2.18. The lowest BCUT2D eigenvalue weighted by atomic mass is 10.2. The molecule has 0 aliphatic rings. The Balaban J connectivity index is 2.00. The van der Waals surface area contributed by atoms with Crippen LogP contribution in [0.5, 0.6) is 0 Å². The molecule has 2 aromatic heterocycles. The first-order chi connectivity index (χ1) is 9.60. The smallest absolute Gasteiger partial charge is 0.253 e. The standard InChI is InChI=1S/C14H18N4OS/c1-4-15-12-6-5-11(7-16-12)13(19)18-10(3)14-17-9(2)8-20-14/h5-8,10H,4H2,1-3H3,(H,15,16)(H,18,19). The van der Waals surface area contributed by atoms with Crippen LogP contribution in [0.1, 0.15) is 40.9 Å². The molecule has 0 spiro atoms. The summed E-state index contributed by atoms with van der Waals surface area (Å²) in [6, 6.07) is 3.46. The molecule has 2 aromatic rings. The predicted molar refractivity (Wildman–Crippen MR) is 81.1 cm³/mol. The van der Waals surface area contributed by atoms with E-state index in [9.17, 15) is 4.79 Å². The van der Waals surface area contributed by atoms with Gasteiger partial charge < -0.3 is 10.6 Å². The zero-order valence-corrected chi connectivity index (χ0v) is 12.6. The molecule has 0 aliphatic carbocycles. The Morgan fingerprint density at radius 1 is 1.45 bits per heavy atom. The van der Waals surface area contributed by atoms with Crippen molar-refractivity contribution >= 4 is 23.1 Å². The Hall–Kier alpha value is -1.95. The van der Waals surface area contributed by atoms with Crippen molar-refractivity contribution in [3.05, 3.63) is 40.0 Å². The minimum Gasteiger partial charge on any atom is -0.370 e. The molecule has 1 atom stereocenters. The van der Waals surface area contributed by atoms with E-state index in [-0.39, 0.29) is 11.9 Å². The Morgan fingerprint density at radius 2 is 2.25 bits per heavy atom. The molecule has 0 aromatic carbocycles. The molecule has 5 nitrogen and oxygen atoms in total. The number of nitrogens with one attached hydrogen (secondary N) is 2. The van der Waals surface area contributed by atoms with Crippen LogP contribution in [0.25, 0.3) is 0 Å². The van der Waals surface area contributed by atoms with Crippen LogP contribution < -0.4 is 10.6 Å². The first-order valence-electron chi connectivity index (χ1n) is 6.53. The Morgan fingerprint density at radius 3 is 2.80 bits per heavy atom. The third kappa shape index (κ3) is 3.54. The van der Waals surface area contributed by atoms with Crippen LogP contribution in [0.3, 0.4) is 0 Å². The minimum atomic E-state index is -0.138. The highest BCUT2D eigenvalue weighted by Gasteiger charge is 2.14. The number of rotatable bonds is 5. The summed E-state index contributed by atoms with van der Waals surface area (Å²) in [5.41, 5.74) is 1.52. The van der Waals surface area contributed by atoms with Gasteiger partial charge in [-0.25, -0.2) is 9.97 Å². The van der Waals surface area contributed by atoms with Crippen molar-refractivity contribution in [1.29, 1.82) is 0 Å². The number of hydrogen-bond acceptors (Lipinski definition) is 5. The molecule has 6 heteroatoms. The fraction of sp³-hybridized carbons (Fsp3) is 0.357. The van der Waals surface area contributed by atoms with Crippen LogP contribution in [-0.2, 0) is 0 Å². The number of anilines is 1. The number of aryl methyl sites for hydroxylation is 1. The second-order valence-electron chi connectivity index (χ2n) is 4.48. The number of carbonyl (C=O) groups is 1. The molecule has 2 N–H and O–H groups in total. The van der Waals surface area contributed by atoms with Gasteiger partial charge in [0.05, 0.1) is 11.6 Å². The maximum Gasteiger partial charge on any atom is 0.253 e. The third-order valence-corrected chi connectivity index (χ3v) is 3.88. The molecule has 20 heavy (non-hydrogen) atoms. The third-order valence-electron chi connectivity index (χ3n) is 2.74. The van der Waals surface area contributed by atoms with Gasteiger partial charge in [-0.05, 0) is 32.9 Å². The van der Waals surface area contributed by atoms with Crippen molar-refractivity contribution in [2.24, 2.45) is 0 Å². The van der Waals surface area contributed by atoms with Crippen LogP contribution in [0.2, 0.25) is 0 Å². The molecule has 106 valence electrons. The van der Waals surface area contributed by atoms with Crippen molar-refractivity contribution in [3.63, 3.8) is 0 Å². The van der Waals surface area contributed by atoms with E-state index in [0.29, 0.717) is 5.56 Å². The number of carbonyl (C=O) groups excluding carboxylic acids is 1. The Bertz CT molecular complexity index is 579. The van der Waals surface area contributed by atoms with Gasteiger partial charge in [0.15, 0.2) is 0 Å². The number of aromatic nitrogens is 2. The molecular formula is C14H18N4OS. The maximum atomic E-state index is 12.1. The molecule has 2 heterocycles. The molecule has 2 rings (SSSR count). The number of nitrogens with zero attached hydrogens (tertiary/aromatic N) is 2. The summed E-state index contributed by atoms with van der Waals surface area (Å²) in [7, 11) is 0. The highest BCUT2D eigenvalue weighted by molar-refractivity contribution is 7.09. The van der Waals surface area contributed by atoms with Crippen molar-refractivity contribution in [2.45, 2.75) is 26.8 Å². The minimum absolute atomic E-state index is 0.102. The number of pyridine rings is 1. The topological polar surface area (TPSA) is 66.9 Å². The van der Waals surface area contributed by atoms with Gasteiger partial charge in [-0.3, -0.25) is 4.79 Å². The zero-order chi connectivity index (χ0) is 14.5. The van der Waals surface area contributed by atoms with Crippen molar-refractivity contribution < 1.29 is 4.79 Å². The SMILES string of the molecule is CCNc1ccc(C(=O)NC(C)c2nc(C)cs2)cn1. The maximum absolute atomic E-state index is 12.1. The van der Waals surface area contributed by atoms with Gasteiger partial charge in [-0.1, -0.05) is 0 Å². The van der Waals surface area contributed by atoms with Gasteiger partial charge in [-0.2, -0.15) is 0 Å². The Kier molecular flexibility index (Phi) is 4.68. The summed E-state index contributed by atoms with van der Waals surface area (Å²) in [5.74, 6) is 0.633. The van der Waals surface area contributed by atoms with E-state index in [1.807, 2.05) is 26.2 Å². The molecule has 0 radical (unpaired) electrons. The molecule has 0 saturated carbocycles. The average Bonchev–Trinajstić information content (AvgIpc) is 2.86. The monoisotopic (exact) mass is 290 g/mol. The summed E-state index contributed by atoms with van der Waals surface area (Å²) in [6.07, 6.45) is 1.58. The van der Waals surface area contributed by atoms with Crippen molar-refractivity contribution in [2.75, 3.05) is 11.9 Å². The summed E-state index contributed by atoms with van der Waals surface area (Å²) in [4.78, 5) is 20.7. The highest BCUT2D eigenvalue weighted by atomic mass is 32.1. The van der Waals surface area contributed by atoms with Crippen molar-refractivity contribution in [1.82, 2.24) is 15.3 Å². The van der Waals surface area contributed by atoms with Crippen LogP contribution in [0, 0.1) is 6.92 Å². The van der Waals surface area contributed by atoms with Crippen molar-refractivity contribution in [3.8, 4) is 0 Å². The Labute approximate surface area is 122 Å². The molecule has 0 fully saturated rings. The summed E-state index contributed by atoms with van der Waals surface area (Å²) in [6.45, 7) is 6.67. The molecule has 0 aliphatic heterocycles. The number of thiazole rings is 1. The summed E-state index contributed by atoms with van der Waals surface area (Å²) in [5, 5.41) is 8.90. The molecule has 0 bridgehead atoms. The van der Waals surface area contributed by atoms with Crippen LogP contribution in [0.15, 0.2) is 23.7 Å². The van der Waals surface area contributed by atoms with Crippen LogP contribution >= 0.6 is 11.3 Å². The van der Waals surface area contributed by atoms with Crippen LogP contribution in [-0.4, -0.2) is 22.4 Å². The van der Waals surface area contributed by atoms with Crippen LogP contribution in [0.4, 0.5) is 5.82 Å². The van der Waals surface area contributed by atoms with Gasteiger partial charge in [0.2, 0.25) is 0 Å². The average molecular weight is 290 g/mol. The molecule has 0 saturated heterocycles. The summed E-state index contributed by atoms with van der Waals surface area (Å²) >= 11 is 1.55. The van der Waals surface area contributed by atoms with E-state index in [4.69, 9.17) is 0 Å². The number of amides is 1. The van der Waals surface area contributed by atoms with E-state index in [0.717, 1.165) is 23.1 Å². The van der Waals surface area contributed by atoms with Gasteiger partial charge in [-0.15, -0.1) is 11.3 Å². The van der Waals surface area contributed by atoms with Gasteiger partial charge in [0, 0.05) is 23.8 Å². The van der Waals surface area contributed by atoms with Gasteiger partial charge >= 0.3 is 0 Å². The lowest BCUT2D eigenvalue weighted by molar-refractivity contribution is 0.0939. The van der Waals surface area contributed by atoms with Gasteiger partial charge in [0.25, 0.3) is 5.91 Å². The van der Waals surface area contributed by atoms with E-state index in [1.54, 1.807) is 29.7 Å². The predicted octanol–water partition coefficient (Wildman–Crippen LogP) is 2.77. The fourth-order valence-electron chi connectivity index (χ4n) is 1.73. The second-order valence-corrected chi connectivity index (χ2v) is 5.37. The lowest BCUT2D eigenvalue weighted by Crippen LogP contribution is -2.26. The number of hydrogen-bond donors (Lipinski definition) is 2. The molecular weight excluding hydrogens is 272 g/mol. The largest absolute Gasteiger partial charge is 0.370 e. The summed E-state index contributed by atoms with van der Waals surface area (Å²) < 4.78 is 0. The van der Waals surface area contributed by atoms with E-state index < -0.39 is 0 Å². The first-order valence-corrected chi connectivity index (χ1v) is 7.41. The lowest BCUT2D eigenvalue weighted by Gasteiger charge is -2.11. The molecule has 1 unspecified atom stereocenters. The molecule has 1 amide bonds. The van der Waals surface area contributed by atoms with Gasteiger partial charge in [0.1, 0.15) is 10.8 Å². The zero-order valence-electron chi connectivity index (χ0n) is 11.8. The quantitative estimate of drug-likeness (QED) is 0.888. The van der Waals surface area contributed by atoms with E-state index >= 15 is 0 Å². The normalized spacial score (nSPS) is 11.9. The van der Waals surface area contributed by atoms with E-state index in [1.165, 1.54) is 0 Å². The fourth-order valence-corrected chi connectivity index (χ4v) is 2.53. The second kappa shape index (κ2) is 6.47.